The van der Waals surface area contributed by atoms with Gasteiger partial charge in [-0.25, -0.2) is 0 Å². The van der Waals surface area contributed by atoms with Gasteiger partial charge in [-0.15, -0.1) is 11.3 Å². The number of hydrogen-bond donors (Lipinski definition) is 0. The Kier molecular flexibility index (Phi) is 2.49. The summed E-state index contributed by atoms with van der Waals surface area (Å²) in [5.74, 6) is 0. The Hall–Kier alpha value is -0.120. The van der Waals surface area contributed by atoms with E-state index in [4.69, 9.17) is 0 Å². The first-order chi connectivity index (χ1) is 7.25. The van der Waals surface area contributed by atoms with E-state index in [1.165, 1.54) is 28.6 Å². The molecule has 1 fully saturated rings. The van der Waals surface area contributed by atoms with Crippen LogP contribution in [-0.4, -0.2) is 24.0 Å². The second-order valence-corrected chi connectivity index (χ2v) is 6.23. The number of rotatable bonds is 1. The molecule has 0 N–H and O–H groups in total. The van der Waals surface area contributed by atoms with Crippen molar-refractivity contribution in [3.8, 4) is 0 Å². The first-order valence-electron chi connectivity index (χ1n) is 5.41. The maximum Gasteiger partial charge on any atom is 0.0442 e. The van der Waals surface area contributed by atoms with Gasteiger partial charge in [-0.3, -0.25) is 4.90 Å². The van der Waals surface area contributed by atoms with Crippen molar-refractivity contribution < 1.29 is 0 Å². The van der Waals surface area contributed by atoms with E-state index in [1.807, 2.05) is 11.3 Å². The molecule has 15 heavy (non-hydrogen) atoms. The molecule has 80 valence electrons. The van der Waals surface area contributed by atoms with Crippen molar-refractivity contribution in [3.63, 3.8) is 0 Å². The van der Waals surface area contributed by atoms with E-state index >= 15 is 0 Å². The third-order valence-corrected chi connectivity index (χ3v) is 5.57. The normalized spacial score (nSPS) is 30.7. The summed E-state index contributed by atoms with van der Waals surface area (Å²) >= 11 is 5.49. The van der Waals surface area contributed by atoms with Crippen LogP contribution in [0.2, 0.25) is 0 Å². The molecule has 2 aliphatic heterocycles. The van der Waals surface area contributed by atoms with Crippen molar-refractivity contribution in [3.05, 3.63) is 26.9 Å². The lowest BCUT2D eigenvalue weighted by atomic mass is 10.0. The first kappa shape index (κ1) is 10.1. The van der Waals surface area contributed by atoms with E-state index in [-0.39, 0.29) is 0 Å². The molecule has 0 amide bonds. The van der Waals surface area contributed by atoms with Crippen LogP contribution in [-0.2, 0) is 0 Å². The smallest absolute Gasteiger partial charge is 0.0442 e. The van der Waals surface area contributed by atoms with Crippen molar-refractivity contribution in [2.24, 2.45) is 0 Å². The lowest BCUT2D eigenvalue weighted by molar-refractivity contribution is 0.264. The van der Waals surface area contributed by atoms with E-state index in [2.05, 4.69) is 45.4 Å². The van der Waals surface area contributed by atoms with Crippen LogP contribution in [0, 0.1) is 0 Å². The summed E-state index contributed by atoms with van der Waals surface area (Å²) in [5.41, 5.74) is 1.56. The second-order valence-electron chi connectivity index (χ2n) is 4.46. The molecule has 1 aromatic heterocycles. The number of fused-ring (bicyclic) bond motifs is 2. The fraction of sp³-hybridized carbons (Fsp3) is 0.500. The minimum atomic E-state index is 0.688. The number of nitrogens with zero attached hydrogens (tertiary/aromatic N) is 1. The molecule has 3 rings (SSSR count). The zero-order chi connectivity index (χ0) is 10.4. The van der Waals surface area contributed by atoms with E-state index in [0.717, 1.165) is 6.04 Å². The third-order valence-electron chi connectivity index (χ3n) is 3.65. The summed E-state index contributed by atoms with van der Waals surface area (Å²) in [4.78, 5) is 3.98. The molecule has 0 aliphatic carbocycles. The van der Waals surface area contributed by atoms with Crippen LogP contribution in [0.4, 0.5) is 0 Å². The van der Waals surface area contributed by atoms with Crippen LogP contribution in [0.5, 0.6) is 0 Å². The number of likely N-dealkylation sites (N-methyl/N-ethyl adjacent to an activating group) is 1. The molecule has 0 saturated carbocycles. The quantitative estimate of drug-likeness (QED) is 0.759. The molecule has 0 aromatic carbocycles. The standard InChI is InChI=1S/C12H14BrNS/c1-14-9-2-3-10(14)7-8(6-9)12-11(13)4-5-15-12/h4-6,9-10H,2-3,7H2,1H3/t9-,10+/m0/s1. The topological polar surface area (TPSA) is 3.24 Å². The average Bonchev–Trinajstić information content (AvgIpc) is 2.70. The Balaban J connectivity index is 1.97. The maximum atomic E-state index is 3.63. The molecule has 2 atom stereocenters. The zero-order valence-electron chi connectivity index (χ0n) is 8.74. The lowest BCUT2D eigenvalue weighted by Gasteiger charge is -2.30. The molecule has 0 unspecified atom stereocenters. The Morgan fingerprint density at radius 1 is 1.47 bits per heavy atom. The molecule has 0 radical (unpaired) electrons. The van der Waals surface area contributed by atoms with Gasteiger partial charge in [-0.2, -0.15) is 0 Å². The fourth-order valence-corrected chi connectivity index (χ4v) is 4.40. The molecule has 2 aliphatic rings. The average molecular weight is 284 g/mol. The zero-order valence-corrected chi connectivity index (χ0v) is 11.1. The minimum absolute atomic E-state index is 0.688. The van der Waals surface area contributed by atoms with Crippen LogP contribution in [0.1, 0.15) is 24.1 Å². The number of hydrogen-bond acceptors (Lipinski definition) is 2. The minimum Gasteiger partial charge on any atom is -0.297 e. The highest BCUT2D eigenvalue weighted by Gasteiger charge is 2.34. The van der Waals surface area contributed by atoms with Gasteiger partial charge in [0.25, 0.3) is 0 Å². The molecule has 3 heteroatoms. The maximum absolute atomic E-state index is 3.63. The Morgan fingerprint density at radius 3 is 3.00 bits per heavy atom. The van der Waals surface area contributed by atoms with Crippen LogP contribution >= 0.6 is 27.3 Å². The molecule has 1 aromatic rings. The van der Waals surface area contributed by atoms with Gasteiger partial charge >= 0.3 is 0 Å². The van der Waals surface area contributed by atoms with Crippen LogP contribution in [0.25, 0.3) is 5.57 Å². The summed E-state index contributed by atoms with van der Waals surface area (Å²) in [6.07, 6.45) is 6.41. The summed E-state index contributed by atoms with van der Waals surface area (Å²) in [6.45, 7) is 0. The molecule has 3 heterocycles. The summed E-state index contributed by atoms with van der Waals surface area (Å²) in [5, 5.41) is 2.17. The summed E-state index contributed by atoms with van der Waals surface area (Å²) in [7, 11) is 2.26. The van der Waals surface area contributed by atoms with Crippen molar-refractivity contribution in [1.82, 2.24) is 4.90 Å². The van der Waals surface area contributed by atoms with Crippen molar-refractivity contribution >= 4 is 32.8 Å². The Bertz CT molecular complexity index is 410. The highest BCUT2D eigenvalue weighted by atomic mass is 79.9. The van der Waals surface area contributed by atoms with Gasteiger partial charge in [-0.05, 0) is 59.3 Å². The highest BCUT2D eigenvalue weighted by molar-refractivity contribution is 9.10. The molecule has 1 saturated heterocycles. The van der Waals surface area contributed by atoms with Crippen LogP contribution in [0.3, 0.4) is 0 Å². The van der Waals surface area contributed by atoms with Gasteiger partial charge in [0.1, 0.15) is 0 Å². The Morgan fingerprint density at radius 2 is 2.33 bits per heavy atom. The van der Waals surface area contributed by atoms with E-state index in [1.54, 1.807) is 5.57 Å². The van der Waals surface area contributed by atoms with Gasteiger partial charge in [0.2, 0.25) is 0 Å². The third kappa shape index (κ3) is 1.61. The molecular weight excluding hydrogens is 270 g/mol. The second kappa shape index (κ2) is 3.72. The fourth-order valence-electron chi connectivity index (χ4n) is 2.73. The van der Waals surface area contributed by atoms with Crippen LogP contribution in [0.15, 0.2) is 22.0 Å². The highest BCUT2D eigenvalue weighted by Crippen LogP contribution is 2.41. The largest absolute Gasteiger partial charge is 0.297 e. The van der Waals surface area contributed by atoms with Crippen molar-refractivity contribution in [1.29, 1.82) is 0 Å². The Labute approximate surface area is 103 Å². The van der Waals surface area contributed by atoms with E-state index in [0.29, 0.717) is 6.04 Å². The van der Waals surface area contributed by atoms with Crippen LogP contribution < -0.4 is 0 Å². The first-order valence-corrected chi connectivity index (χ1v) is 7.09. The number of thiophene rings is 1. The predicted octanol–water partition coefficient (Wildman–Crippen LogP) is 3.76. The molecule has 0 spiro atoms. The lowest BCUT2D eigenvalue weighted by Crippen LogP contribution is -2.34. The SMILES string of the molecule is CN1[C@@H]2CC[C@H]1C=C(c1sccc1Br)C2. The van der Waals surface area contributed by atoms with Gasteiger partial charge in [-0.1, -0.05) is 6.08 Å². The van der Waals surface area contributed by atoms with Crippen molar-refractivity contribution in [2.45, 2.75) is 31.3 Å². The van der Waals surface area contributed by atoms with Gasteiger partial charge in [0, 0.05) is 21.4 Å². The van der Waals surface area contributed by atoms with Gasteiger partial charge in [0.05, 0.1) is 0 Å². The van der Waals surface area contributed by atoms with E-state index in [9.17, 15) is 0 Å². The van der Waals surface area contributed by atoms with Gasteiger partial charge in [0.15, 0.2) is 0 Å². The van der Waals surface area contributed by atoms with E-state index < -0.39 is 0 Å². The summed E-state index contributed by atoms with van der Waals surface area (Å²) in [6, 6.07) is 3.62. The van der Waals surface area contributed by atoms with Gasteiger partial charge < -0.3 is 0 Å². The summed E-state index contributed by atoms with van der Waals surface area (Å²) < 4.78 is 1.27. The number of halogens is 1. The monoisotopic (exact) mass is 283 g/mol. The van der Waals surface area contributed by atoms with Crippen molar-refractivity contribution in [2.75, 3.05) is 7.05 Å². The molecular formula is C12H14BrNS. The predicted molar refractivity (Wildman–Crippen MR) is 69.2 cm³/mol. The molecule has 2 bridgehead atoms. The molecule has 1 nitrogen and oxygen atoms in total.